The highest BCUT2D eigenvalue weighted by Crippen LogP contribution is 2.48. The van der Waals surface area contributed by atoms with E-state index in [4.69, 9.17) is 18.4 Å². The molecule has 0 aromatic heterocycles. The van der Waals surface area contributed by atoms with Gasteiger partial charge in [0.15, 0.2) is 30.7 Å². The second-order valence-electron chi connectivity index (χ2n) is 9.14. The van der Waals surface area contributed by atoms with Gasteiger partial charge in [-0.05, 0) is 69.9 Å². The molecular weight excluding hydrogens is 399 g/mol. The first-order chi connectivity index (χ1) is 11.0. The third-order valence-corrected chi connectivity index (χ3v) is 5.56. The molecule has 1 amide bonds. The number of amides is 1. The summed E-state index contributed by atoms with van der Waals surface area (Å²) in [5, 5.41) is 9.98. The Morgan fingerprint density at radius 3 is 1.73 bits per heavy atom. The van der Waals surface area contributed by atoms with Crippen LogP contribution in [0.5, 0.6) is 0 Å². The highest BCUT2D eigenvalue weighted by molar-refractivity contribution is 6.71. The Labute approximate surface area is 167 Å². The number of nitrogens with one attached hydrogen (secondary N) is 1. The molecule has 0 saturated heterocycles. The molecule has 0 bridgehead atoms. The fourth-order valence-corrected chi connectivity index (χ4v) is 5.98. The van der Waals surface area contributed by atoms with Crippen LogP contribution < -0.4 is 5.32 Å². The molecule has 1 unspecified atom stereocenters. The second kappa shape index (κ2) is 10.3. The van der Waals surface area contributed by atoms with E-state index in [1.165, 1.54) is 6.08 Å². The van der Waals surface area contributed by atoms with Crippen molar-refractivity contribution in [2.75, 3.05) is 6.54 Å². The number of carboxylic acid groups (broad SMARTS) is 1. The van der Waals surface area contributed by atoms with Crippen molar-refractivity contribution >= 4 is 42.0 Å². The molecule has 1 aliphatic carbocycles. The second-order valence-corrected chi connectivity index (χ2v) is 22.5. The van der Waals surface area contributed by atoms with Crippen molar-refractivity contribution < 1.29 is 23.2 Å². The lowest BCUT2D eigenvalue weighted by Crippen LogP contribution is -2.45. The molecule has 0 radical (unpaired) electrons. The van der Waals surface area contributed by atoms with Crippen molar-refractivity contribution in [3.8, 4) is 0 Å². The van der Waals surface area contributed by atoms with Crippen molar-refractivity contribution in [2.24, 2.45) is 0 Å². The lowest BCUT2D eigenvalue weighted by molar-refractivity contribution is -0.0643. The summed E-state index contributed by atoms with van der Waals surface area (Å²) >= 11 is 0. The summed E-state index contributed by atoms with van der Waals surface area (Å²) in [7, 11) is -4.76. The van der Waals surface area contributed by atoms with E-state index in [2.05, 4.69) is 70.8 Å². The van der Waals surface area contributed by atoms with Gasteiger partial charge in [0.05, 0.1) is 0 Å². The molecule has 1 fully saturated rings. The third-order valence-electron chi connectivity index (χ3n) is 2.65. The van der Waals surface area contributed by atoms with Crippen molar-refractivity contribution in [1.29, 1.82) is 0 Å². The van der Waals surface area contributed by atoms with Crippen LogP contribution in [0.2, 0.25) is 58.9 Å². The average molecular weight is 440 g/mol. The lowest BCUT2D eigenvalue weighted by Gasteiger charge is -2.33. The lowest BCUT2D eigenvalue weighted by atomic mass is 10.6. The number of hydrogen-bond donors (Lipinski definition) is 2. The smallest absolute Gasteiger partial charge is 0.404 e. The van der Waals surface area contributed by atoms with Gasteiger partial charge in [0.1, 0.15) is 6.10 Å². The van der Waals surface area contributed by atoms with Crippen molar-refractivity contribution in [1.82, 2.24) is 5.32 Å². The minimum absolute atomic E-state index is 0. The quantitative estimate of drug-likeness (QED) is 0.345. The average Bonchev–Trinajstić information content (AvgIpc) is 2.90. The molecular formula is C16H41NO5Si4. The summed E-state index contributed by atoms with van der Waals surface area (Å²) in [6.45, 7) is 23.6. The van der Waals surface area contributed by atoms with Gasteiger partial charge in [0.2, 0.25) is 0 Å². The summed E-state index contributed by atoms with van der Waals surface area (Å²) in [4.78, 5) is 9.60. The molecule has 0 spiro atoms. The Hall–Kier alpha value is -0.242. The van der Waals surface area contributed by atoms with Gasteiger partial charge in [0, 0.05) is 13.0 Å². The van der Waals surface area contributed by atoms with Gasteiger partial charge in [-0.1, -0.05) is 6.08 Å². The highest BCUT2D eigenvalue weighted by Gasteiger charge is 2.62. The first kappa shape index (κ1) is 28.0. The molecule has 156 valence electrons. The summed E-state index contributed by atoms with van der Waals surface area (Å²) in [6.07, 6.45) is 1.53. The Balaban J connectivity index is 0. The molecule has 1 atom stereocenters. The molecule has 0 aliphatic heterocycles. The van der Waals surface area contributed by atoms with Crippen LogP contribution >= 0.6 is 0 Å². The van der Waals surface area contributed by atoms with E-state index >= 15 is 0 Å². The Bertz CT molecular complexity index is 439. The minimum Gasteiger partial charge on any atom is -0.465 e. The van der Waals surface area contributed by atoms with Gasteiger partial charge < -0.3 is 23.7 Å². The SMILES string of the molecule is C=CCNC(=O)O.C[Si](C)(C)OC1CC1(O[Si](C)(C)C)O[Si](C)(C)C.[SiH4]. The molecule has 1 aliphatic rings. The van der Waals surface area contributed by atoms with Crippen LogP contribution in [0.1, 0.15) is 6.42 Å². The Morgan fingerprint density at radius 2 is 1.50 bits per heavy atom. The van der Waals surface area contributed by atoms with Gasteiger partial charge in [-0.25, -0.2) is 4.79 Å². The highest BCUT2D eigenvalue weighted by atomic mass is 28.4. The summed E-state index contributed by atoms with van der Waals surface area (Å²) in [5.41, 5.74) is 0. The summed E-state index contributed by atoms with van der Waals surface area (Å²) in [5.74, 6) is -0.421. The fraction of sp³-hybridized carbons (Fsp3) is 0.812. The molecule has 6 nitrogen and oxygen atoms in total. The van der Waals surface area contributed by atoms with Gasteiger partial charge in [-0.15, -0.1) is 6.58 Å². The predicted octanol–water partition coefficient (Wildman–Crippen LogP) is 3.00. The zero-order valence-corrected chi connectivity index (χ0v) is 20.4. The molecule has 0 heterocycles. The maximum Gasteiger partial charge on any atom is 0.404 e. The molecule has 1 rings (SSSR count). The third kappa shape index (κ3) is 13.9. The molecule has 0 aromatic rings. The van der Waals surface area contributed by atoms with E-state index in [0.717, 1.165) is 6.42 Å². The molecule has 0 aromatic carbocycles. The Kier molecular flexibility index (Phi) is 11.1. The van der Waals surface area contributed by atoms with Crippen LogP contribution in [0.3, 0.4) is 0 Å². The maximum absolute atomic E-state index is 9.60. The van der Waals surface area contributed by atoms with Crippen LogP contribution in [0, 0.1) is 0 Å². The number of hydrogen-bond acceptors (Lipinski definition) is 4. The largest absolute Gasteiger partial charge is 0.465 e. The van der Waals surface area contributed by atoms with Crippen molar-refractivity contribution in [3.05, 3.63) is 12.7 Å². The first-order valence-corrected chi connectivity index (χ1v) is 18.9. The van der Waals surface area contributed by atoms with Gasteiger partial charge in [0.25, 0.3) is 0 Å². The molecule has 10 heteroatoms. The van der Waals surface area contributed by atoms with Crippen LogP contribution in [0.4, 0.5) is 4.79 Å². The maximum atomic E-state index is 9.60. The number of rotatable bonds is 8. The van der Waals surface area contributed by atoms with E-state index in [-0.39, 0.29) is 17.1 Å². The molecule has 2 N–H and O–H groups in total. The minimum atomic E-state index is -1.61. The van der Waals surface area contributed by atoms with Crippen LogP contribution in [-0.4, -0.2) is 65.6 Å². The monoisotopic (exact) mass is 439 g/mol. The van der Waals surface area contributed by atoms with E-state index in [1.807, 2.05) is 0 Å². The van der Waals surface area contributed by atoms with E-state index in [0.29, 0.717) is 6.54 Å². The topological polar surface area (TPSA) is 77.0 Å². The van der Waals surface area contributed by atoms with Crippen LogP contribution in [0.15, 0.2) is 12.7 Å². The summed E-state index contributed by atoms with van der Waals surface area (Å²) in [6, 6.07) is 0. The first-order valence-electron chi connectivity index (χ1n) is 8.65. The van der Waals surface area contributed by atoms with Crippen molar-refractivity contribution in [2.45, 2.75) is 77.2 Å². The molecule has 26 heavy (non-hydrogen) atoms. The predicted molar refractivity (Wildman–Crippen MR) is 122 cm³/mol. The van der Waals surface area contributed by atoms with E-state index in [9.17, 15) is 4.79 Å². The van der Waals surface area contributed by atoms with E-state index in [1.54, 1.807) is 0 Å². The van der Waals surface area contributed by atoms with Crippen LogP contribution in [-0.2, 0) is 13.3 Å². The normalized spacial score (nSPS) is 18.7. The van der Waals surface area contributed by atoms with Crippen molar-refractivity contribution in [3.63, 3.8) is 0 Å². The fourth-order valence-electron chi connectivity index (χ4n) is 2.19. The van der Waals surface area contributed by atoms with E-state index < -0.39 is 36.8 Å². The van der Waals surface area contributed by atoms with Crippen LogP contribution in [0.25, 0.3) is 0 Å². The summed E-state index contributed by atoms with van der Waals surface area (Å²) < 4.78 is 18.8. The molecule has 1 saturated carbocycles. The zero-order valence-electron chi connectivity index (χ0n) is 17.4. The van der Waals surface area contributed by atoms with Gasteiger partial charge in [-0.2, -0.15) is 0 Å². The Morgan fingerprint density at radius 1 is 1.08 bits per heavy atom. The van der Waals surface area contributed by atoms with Gasteiger partial charge >= 0.3 is 6.09 Å². The van der Waals surface area contributed by atoms with Gasteiger partial charge in [-0.3, -0.25) is 0 Å². The zero-order chi connectivity index (χ0) is 20.1. The standard InChI is InChI=1S/C12H30O3Si3.C4H7NO2.H4Si/c1-16(2,3)13-11-10-12(11,14-17(4,5)6)15-18(7,8)9;1-2-3-5-4(6)7;/h11H,10H2,1-9H3;2,5H,1,3H2,(H,6,7);1H4. The number of carbonyl (C=O) groups is 1.